The van der Waals surface area contributed by atoms with E-state index in [1.807, 2.05) is 48.5 Å². The zero-order valence-corrected chi connectivity index (χ0v) is 15.7. The van der Waals surface area contributed by atoms with Gasteiger partial charge in [-0.2, -0.15) is 0 Å². The van der Waals surface area contributed by atoms with Crippen molar-refractivity contribution in [1.29, 1.82) is 0 Å². The standard InChI is InChI=1S/C22H26NO3/c1-22(2)12-7-13-23(16-22)17-10-11-21(25-3)19(14-17)20(24)15-26-18-8-5-4-6-9-18/h4-6,8-11,14-15H,7,12-13,16H2,1-3H3. The summed E-state index contributed by atoms with van der Waals surface area (Å²) >= 11 is 0. The molecule has 0 aliphatic carbocycles. The van der Waals surface area contributed by atoms with Gasteiger partial charge in [-0.15, -0.1) is 0 Å². The number of methoxy groups -OCH3 is 1. The minimum absolute atomic E-state index is 0.205. The van der Waals surface area contributed by atoms with Crippen LogP contribution in [0, 0.1) is 12.0 Å². The minimum atomic E-state index is -0.205. The van der Waals surface area contributed by atoms with Crippen molar-refractivity contribution in [1.82, 2.24) is 0 Å². The second-order valence-electron chi connectivity index (χ2n) is 7.49. The van der Waals surface area contributed by atoms with Gasteiger partial charge in [-0.05, 0) is 48.6 Å². The molecule has 1 radical (unpaired) electrons. The highest BCUT2D eigenvalue weighted by molar-refractivity contribution is 6.04. The van der Waals surface area contributed by atoms with Crippen LogP contribution in [0.3, 0.4) is 0 Å². The average Bonchev–Trinajstić information content (AvgIpc) is 2.65. The van der Waals surface area contributed by atoms with Crippen LogP contribution < -0.4 is 14.4 Å². The SMILES string of the molecule is COc1ccc(N2CCCC(C)(C)C2)cc1C(=O)[CH]Oc1ccccc1. The Bertz CT molecular complexity index is 755. The van der Waals surface area contributed by atoms with Gasteiger partial charge < -0.3 is 14.4 Å². The Balaban J connectivity index is 1.77. The Kier molecular flexibility index (Phi) is 5.50. The summed E-state index contributed by atoms with van der Waals surface area (Å²) in [6, 6.07) is 15.1. The highest BCUT2D eigenvalue weighted by Gasteiger charge is 2.27. The monoisotopic (exact) mass is 352 g/mol. The molecule has 0 saturated carbocycles. The Morgan fingerprint density at radius 2 is 1.92 bits per heavy atom. The molecule has 1 heterocycles. The second kappa shape index (κ2) is 7.81. The number of ketones is 1. The van der Waals surface area contributed by atoms with Gasteiger partial charge in [0, 0.05) is 18.8 Å². The number of hydrogen-bond acceptors (Lipinski definition) is 4. The Morgan fingerprint density at radius 3 is 2.62 bits per heavy atom. The van der Waals surface area contributed by atoms with Crippen LogP contribution in [-0.2, 0) is 0 Å². The fraction of sp³-hybridized carbons (Fsp3) is 0.364. The quantitative estimate of drug-likeness (QED) is 0.704. The smallest absolute Gasteiger partial charge is 0.211 e. The summed E-state index contributed by atoms with van der Waals surface area (Å²) in [4.78, 5) is 15.0. The number of rotatable bonds is 6. The maximum atomic E-state index is 12.7. The lowest BCUT2D eigenvalue weighted by atomic mass is 9.84. The van der Waals surface area contributed by atoms with E-state index in [4.69, 9.17) is 9.47 Å². The van der Waals surface area contributed by atoms with Crippen molar-refractivity contribution < 1.29 is 14.3 Å². The maximum absolute atomic E-state index is 12.7. The summed E-state index contributed by atoms with van der Waals surface area (Å²) in [7, 11) is 1.58. The molecule has 1 aliphatic rings. The first-order valence-electron chi connectivity index (χ1n) is 9.01. The number of piperidine rings is 1. The molecule has 2 aromatic carbocycles. The summed E-state index contributed by atoms with van der Waals surface area (Å²) in [5.74, 6) is 0.987. The molecule has 0 aromatic heterocycles. The van der Waals surface area contributed by atoms with E-state index in [9.17, 15) is 4.79 Å². The summed E-state index contributed by atoms with van der Waals surface area (Å²) in [6.07, 6.45) is 2.38. The van der Waals surface area contributed by atoms with E-state index in [0.717, 1.165) is 25.2 Å². The van der Waals surface area contributed by atoms with Crippen molar-refractivity contribution in [3.05, 3.63) is 60.7 Å². The number of benzene rings is 2. The number of para-hydroxylation sites is 1. The second-order valence-corrected chi connectivity index (χ2v) is 7.49. The Labute approximate surface area is 155 Å². The lowest BCUT2D eigenvalue weighted by molar-refractivity contribution is 0.0975. The fourth-order valence-corrected chi connectivity index (χ4v) is 3.41. The zero-order chi connectivity index (χ0) is 18.6. The van der Waals surface area contributed by atoms with E-state index in [0.29, 0.717) is 17.1 Å². The Hall–Kier alpha value is -2.49. The first kappa shape index (κ1) is 18.3. The molecule has 4 heteroatoms. The summed E-state index contributed by atoms with van der Waals surface area (Å²) in [5.41, 5.74) is 1.85. The largest absolute Gasteiger partial charge is 0.496 e. The molecule has 1 saturated heterocycles. The molecule has 2 aromatic rings. The van der Waals surface area contributed by atoms with Gasteiger partial charge in [-0.25, -0.2) is 0 Å². The molecule has 0 spiro atoms. The van der Waals surface area contributed by atoms with Crippen LogP contribution in [0.4, 0.5) is 5.69 Å². The van der Waals surface area contributed by atoms with Crippen LogP contribution >= 0.6 is 0 Å². The van der Waals surface area contributed by atoms with E-state index >= 15 is 0 Å². The summed E-state index contributed by atoms with van der Waals surface area (Å²) < 4.78 is 10.9. The van der Waals surface area contributed by atoms with Gasteiger partial charge >= 0.3 is 0 Å². The van der Waals surface area contributed by atoms with E-state index in [1.54, 1.807) is 7.11 Å². The number of carbonyl (C=O) groups excluding carboxylic acids is 1. The van der Waals surface area contributed by atoms with Gasteiger partial charge in [-0.1, -0.05) is 32.0 Å². The summed E-state index contributed by atoms with van der Waals surface area (Å²) in [6.45, 7) is 7.81. The number of hydrogen-bond donors (Lipinski definition) is 0. The first-order valence-corrected chi connectivity index (χ1v) is 9.01. The van der Waals surface area contributed by atoms with Crippen LogP contribution in [0.25, 0.3) is 0 Å². The fourth-order valence-electron chi connectivity index (χ4n) is 3.41. The van der Waals surface area contributed by atoms with Gasteiger partial charge in [0.05, 0.1) is 12.7 Å². The molecule has 0 N–H and O–H groups in total. The van der Waals surface area contributed by atoms with Crippen LogP contribution in [0.2, 0.25) is 0 Å². The normalized spacial score (nSPS) is 16.2. The van der Waals surface area contributed by atoms with Crippen molar-refractivity contribution in [2.24, 2.45) is 5.41 Å². The minimum Gasteiger partial charge on any atom is -0.496 e. The topological polar surface area (TPSA) is 38.8 Å². The molecule has 0 atom stereocenters. The molecule has 0 bridgehead atoms. The van der Waals surface area contributed by atoms with Crippen LogP contribution in [0.1, 0.15) is 37.0 Å². The maximum Gasteiger partial charge on any atom is 0.211 e. The summed E-state index contributed by atoms with van der Waals surface area (Å²) in [5, 5.41) is 0. The zero-order valence-electron chi connectivity index (χ0n) is 15.7. The molecule has 0 unspecified atom stereocenters. The number of Topliss-reactive ketones (excluding diaryl/α,β-unsaturated/α-hetero) is 1. The Morgan fingerprint density at radius 1 is 1.15 bits per heavy atom. The number of nitrogens with zero attached hydrogens (tertiary/aromatic N) is 1. The third kappa shape index (κ3) is 4.37. The van der Waals surface area contributed by atoms with E-state index in [1.165, 1.54) is 13.0 Å². The van der Waals surface area contributed by atoms with Crippen molar-refractivity contribution in [2.75, 3.05) is 25.1 Å². The van der Waals surface area contributed by atoms with Crippen molar-refractivity contribution in [3.8, 4) is 11.5 Å². The van der Waals surface area contributed by atoms with Crippen molar-refractivity contribution in [3.63, 3.8) is 0 Å². The molecule has 0 amide bonds. The van der Waals surface area contributed by atoms with Gasteiger partial charge in [0.2, 0.25) is 12.4 Å². The molecule has 26 heavy (non-hydrogen) atoms. The predicted octanol–water partition coefficient (Wildman–Crippen LogP) is 4.75. The predicted molar refractivity (Wildman–Crippen MR) is 104 cm³/mol. The van der Waals surface area contributed by atoms with Crippen molar-refractivity contribution in [2.45, 2.75) is 26.7 Å². The van der Waals surface area contributed by atoms with Crippen LogP contribution in [-0.4, -0.2) is 26.0 Å². The first-order chi connectivity index (χ1) is 12.5. The van der Waals surface area contributed by atoms with E-state index in [-0.39, 0.29) is 11.2 Å². The van der Waals surface area contributed by atoms with Gasteiger partial charge in [0.1, 0.15) is 11.5 Å². The van der Waals surface area contributed by atoms with Gasteiger partial charge in [-0.3, -0.25) is 4.79 Å². The van der Waals surface area contributed by atoms with E-state index in [2.05, 4.69) is 18.7 Å². The lowest BCUT2D eigenvalue weighted by Crippen LogP contribution is -2.40. The van der Waals surface area contributed by atoms with E-state index < -0.39 is 0 Å². The average molecular weight is 352 g/mol. The van der Waals surface area contributed by atoms with Gasteiger partial charge in [0.15, 0.2) is 0 Å². The molecular formula is C22H26NO3. The lowest BCUT2D eigenvalue weighted by Gasteiger charge is -2.39. The van der Waals surface area contributed by atoms with Gasteiger partial charge in [0.25, 0.3) is 0 Å². The number of carbonyl (C=O) groups is 1. The third-order valence-corrected chi connectivity index (χ3v) is 4.76. The number of ether oxygens (including phenoxy) is 2. The number of anilines is 1. The van der Waals surface area contributed by atoms with Crippen LogP contribution in [0.15, 0.2) is 48.5 Å². The highest BCUT2D eigenvalue weighted by atomic mass is 16.5. The molecular weight excluding hydrogens is 326 g/mol. The molecule has 3 rings (SSSR count). The molecule has 1 fully saturated rings. The molecule has 137 valence electrons. The molecule has 1 aliphatic heterocycles. The highest BCUT2D eigenvalue weighted by Crippen LogP contribution is 2.33. The molecule has 4 nitrogen and oxygen atoms in total. The third-order valence-electron chi connectivity index (χ3n) is 4.76. The van der Waals surface area contributed by atoms with Crippen molar-refractivity contribution >= 4 is 11.5 Å². The van der Waals surface area contributed by atoms with Crippen LogP contribution in [0.5, 0.6) is 11.5 Å².